The van der Waals surface area contributed by atoms with Crippen molar-refractivity contribution < 1.29 is 13.2 Å². The topological polar surface area (TPSA) is 66.5 Å². The normalized spacial score (nSPS) is 11.4. The molecule has 4 aromatic rings. The minimum atomic E-state index is -3.67. The van der Waals surface area contributed by atoms with Crippen LogP contribution in [-0.2, 0) is 16.6 Å². The van der Waals surface area contributed by atoms with Crippen molar-refractivity contribution >= 4 is 43.0 Å². The molecule has 1 N–H and O–H groups in total. The summed E-state index contributed by atoms with van der Waals surface area (Å²) in [6.45, 7) is 2.37. The SMILES string of the molecule is Cc1ccc(S(=O)(=O)N(C)c2ccc3sc(C(=O)NCc4ccccc4)cc3c2)cc1. The molecule has 0 fully saturated rings. The number of nitrogens with zero attached hydrogens (tertiary/aromatic N) is 1. The summed E-state index contributed by atoms with van der Waals surface area (Å²) in [4.78, 5) is 13.4. The van der Waals surface area contributed by atoms with E-state index in [1.807, 2.05) is 43.3 Å². The Balaban J connectivity index is 1.55. The van der Waals surface area contributed by atoms with Gasteiger partial charge in [0.25, 0.3) is 15.9 Å². The molecular weight excluding hydrogens is 428 g/mol. The quantitative estimate of drug-likeness (QED) is 0.451. The monoisotopic (exact) mass is 450 g/mol. The first-order valence-electron chi connectivity index (χ1n) is 9.76. The maximum atomic E-state index is 13.0. The lowest BCUT2D eigenvalue weighted by Gasteiger charge is -2.19. The van der Waals surface area contributed by atoms with E-state index >= 15 is 0 Å². The van der Waals surface area contributed by atoms with Crippen LogP contribution >= 0.6 is 11.3 Å². The molecule has 5 nitrogen and oxygen atoms in total. The molecular formula is C24H22N2O3S2. The van der Waals surface area contributed by atoms with Gasteiger partial charge in [0.1, 0.15) is 0 Å². The molecule has 0 unspecified atom stereocenters. The molecule has 0 saturated carbocycles. The molecule has 0 saturated heterocycles. The van der Waals surface area contributed by atoms with E-state index in [0.717, 1.165) is 21.2 Å². The van der Waals surface area contributed by atoms with Gasteiger partial charge in [-0.1, -0.05) is 48.0 Å². The van der Waals surface area contributed by atoms with E-state index in [2.05, 4.69) is 5.32 Å². The Kier molecular flexibility index (Phi) is 5.80. The molecule has 0 aliphatic rings. The lowest BCUT2D eigenvalue weighted by molar-refractivity contribution is 0.0955. The summed E-state index contributed by atoms with van der Waals surface area (Å²) in [5.74, 6) is -0.146. The number of carbonyl (C=O) groups is 1. The number of anilines is 1. The molecule has 31 heavy (non-hydrogen) atoms. The fourth-order valence-electron chi connectivity index (χ4n) is 3.21. The van der Waals surface area contributed by atoms with Crippen LogP contribution in [0.2, 0.25) is 0 Å². The molecule has 7 heteroatoms. The van der Waals surface area contributed by atoms with Crippen LogP contribution in [0.25, 0.3) is 10.1 Å². The molecule has 158 valence electrons. The molecule has 4 rings (SSSR count). The smallest absolute Gasteiger partial charge is 0.264 e. The van der Waals surface area contributed by atoms with Gasteiger partial charge in [0.15, 0.2) is 0 Å². The van der Waals surface area contributed by atoms with Crippen LogP contribution in [0.3, 0.4) is 0 Å². The highest BCUT2D eigenvalue weighted by Crippen LogP contribution is 2.31. The fraction of sp³-hybridized carbons (Fsp3) is 0.125. The van der Waals surface area contributed by atoms with Crippen molar-refractivity contribution in [3.05, 3.63) is 94.9 Å². The summed E-state index contributed by atoms with van der Waals surface area (Å²) in [5.41, 5.74) is 2.57. The van der Waals surface area contributed by atoms with Crippen molar-refractivity contribution in [1.82, 2.24) is 5.32 Å². The van der Waals surface area contributed by atoms with Gasteiger partial charge in [-0.15, -0.1) is 11.3 Å². The average molecular weight is 451 g/mol. The number of carbonyl (C=O) groups excluding carboxylic acids is 1. The minimum absolute atomic E-state index is 0.146. The van der Waals surface area contributed by atoms with E-state index in [9.17, 15) is 13.2 Å². The van der Waals surface area contributed by atoms with Crippen molar-refractivity contribution in [1.29, 1.82) is 0 Å². The summed E-state index contributed by atoms with van der Waals surface area (Å²) < 4.78 is 28.1. The largest absolute Gasteiger partial charge is 0.347 e. The molecule has 0 radical (unpaired) electrons. The van der Waals surface area contributed by atoms with Crippen LogP contribution in [-0.4, -0.2) is 21.4 Å². The van der Waals surface area contributed by atoms with Gasteiger partial charge in [-0.3, -0.25) is 9.10 Å². The van der Waals surface area contributed by atoms with E-state index in [1.165, 1.54) is 22.7 Å². The number of thiophene rings is 1. The van der Waals surface area contributed by atoms with Crippen molar-refractivity contribution in [3.63, 3.8) is 0 Å². The average Bonchev–Trinajstić information content (AvgIpc) is 3.21. The van der Waals surface area contributed by atoms with E-state index in [0.29, 0.717) is 17.1 Å². The second-order valence-corrected chi connectivity index (χ2v) is 10.3. The lowest BCUT2D eigenvalue weighted by atomic mass is 10.2. The zero-order chi connectivity index (χ0) is 22.0. The number of fused-ring (bicyclic) bond motifs is 1. The number of benzene rings is 3. The highest BCUT2D eigenvalue weighted by atomic mass is 32.2. The number of amides is 1. The van der Waals surface area contributed by atoms with Crippen molar-refractivity contribution in [2.24, 2.45) is 0 Å². The van der Waals surface area contributed by atoms with Gasteiger partial charge in [0.05, 0.1) is 15.5 Å². The summed E-state index contributed by atoms with van der Waals surface area (Å²) in [7, 11) is -2.13. The third kappa shape index (κ3) is 4.47. The number of hydrogen-bond acceptors (Lipinski definition) is 4. The summed E-state index contributed by atoms with van der Waals surface area (Å²) >= 11 is 1.39. The standard InChI is InChI=1S/C24H22N2O3S2/c1-17-8-11-21(12-9-17)31(28,29)26(2)20-10-13-22-19(14-20)15-23(30-22)24(27)25-16-18-6-4-3-5-7-18/h3-15H,16H2,1-2H3,(H,25,27). The van der Waals surface area contributed by atoms with Crippen LogP contribution in [0.4, 0.5) is 5.69 Å². The predicted octanol–water partition coefficient (Wildman–Crippen LogP) is 4.96. The van der Waals surface area contributed by atoms with Gasteiger partial charge in [0.2, 0.25) is 0 Å². The van der Waals surface area contributed by atoms with Gasteiger partial charge in [-0.25, -0.2) is 8.42 Å². The number of nitrogens with one attached hydrogen (secondary N) is 1. The predicted molar refractivity (Wildman–Crippen MR) is 126 cm³/mol. The van der Waals surface area contributed by atoms with E-state index in [-0.39, 0.29) is 10.8 Å². The van der Waals surface area contributed by atoms with Crippen molar-refractivity contribution in [2.75, 3.05) is 11.4 Å². The molecule has 0 aliphatic heterocycles. The van der Waals surface area contributed by atoms with Crippen molar-refractivity contribution in [2.45, 2.75) is 18.4 Å². The second-order valence-electron chi connectivity index (χ2n) is 7.29. The van der Waals surface area contributed by atoms with Gasteiger partial charge in [0, 0.05) is 18.3 Å². The highest BCUT2D eigenvalue weighted by molar-refractivity contribution is 7.92. The summed E-state index contributed by atoms with van der Waals surface area (Å²) in [5, 5.41) is 3.76. The number of hydrogen-bond donors (Lipinski definition) is 1. The van der Waals surface area contributed by atoms with Gasteiger partial charge in [-0.2, -0.15) is 0 Å². The maximum absolute atomic E-state index is 13.0. The highest BCUT2D eigenvalue weighted by Gasteiger charge is 2.22. The fourth-order valence-corrected chi connectivity index (χ4v) is 5.36. The van der Waals surface area contributed by atoms with E-state index in [4.69, 9.17) is 0 Å². The van der Waals surface area contributed by atoms with Crippen LogP contribution in [0, 0.1) is 6.92 Å². The van der Waals surface area contributed by atoms with Gasteiger partial charge >= 0.3 is 0 Å². The summed E-state index contributed by atoms with van der Waals surface area (Å²) in [6.07, 6.45) is 0. The van der Waals surface area contributed by atoms with Crippen LogP contribution in [0.1, 0.15) is 20.8 Å². The lowest BCUT2D eigenvalue weighted by Crippen LogP contribution is -2.26. The van der Waals surface area contributed by atoms with Crippen LogP contribution in [0.5, 0.6) is 0 Å². The Hall–Kier alpha value is -3.16. The first-order valence-corrected chi connectivity index (χ1v) is 12.0. The molecule has 1 heterocycles. The van der Waals surface area contributed by atoms with Crippen molar-refractivity contribution in [3.8, 4) is 0 Å². The Morgan fingerprint density at radius 2 is 1.68 bits per heavy atom. The molecule has 1 aromatic heterocycles. The van der Waals surface area contributed by atoms with Crippen LogP contribution < -0.4 is 9.62 Å². The Bertz CT molecular complexity index is 1330. The number of rotatable bonds is 6. The molecule has 0 atom stereocenters. The third-order valence-electron chi connectivity index (χ3n) is 5.06. The number of sulfonamides is 1. The third-order valence-corrected chi connectivity index (χ3v) is 7.98. The Labute approximate surface area is 186 Å². The first-order chi connectivity index (χ1) is 14.8. The molecule has 3 aromatic carbocycles. The van der Waals surface area contributed by atoms with E-state index in [1.54, 1.807) is 42.5 Å². The molecule has 0 bridgehead atoms. The summed E-state index contributed by atoms with van der Waals surface area (Å²) in [6, 6.07) is 23.7. The minimum Gasteiger partial charge on any atom is -0.347 e. The second kappa shape index (κ2) is 8.53. The first kappa shape index (κ1) is 21.1. The molecule has 0 aliphatic carbocycles. The zero-order valence-corrected chi connectivity index (χ0v) is 18.8. The molecule has 1 amide bonds. The van der Waals surface area contributed by atoms with Crippen LogP contribution in [0.15, 0.2) is 83.8 Å². The Morgan fingerprint density at radius 1 is 0.968 bits per heavy atom. The molecule has 0 spiro atoms. The van der Waals surface area contributed by atoms with Gasteiger partial charge in [-0.05, 0) is 54.3 Å². The van der Waals surface area contributed by atoms with Gasteiger partial charge < -0.3 is 5.32 Å². The Morgan fingerprint density at radius 3 is 2.39 bits per heavy atom. The van der Waals surface area contributed by atoms with E-state index < -0.39 is 10.0 Å². The zero-order valence-electron chi connectivity index (χ0n) is 17.2. The number of aryl methyl sites for hydroxylation is 1. The maximum Gasteiger partial charge on any atom is 0.264 e.